The van der Waals surface area contributed by atoms with E-state index in [1.807, 2.05) is 29.5 Å². The van der Waals surface area contributed by atoms with Crippen molar-refractivity contribution < 1.29 is 0 Å². The summed E-state index contributed by atoms with van der Waals surface area (Å²) in [6.45, 7) is 1.97. The van der Waals surface area contributed by atoms with Crippen LogP contribution in [0.1, 0.15) is 11.1 Å². The molecular formula is C14H9ClN4. The smallest absolute Gasteiger partial charge is 0.168 e. The quantitative estimate of drug-likeness (QED) is 0.681. The predicted molar refractivity (Wildman–Crippen MR) is 72.9 cm³/mol. The third-order valence-electron chi connectivity index (χ3n) is 2.96. The molecule has 92 valence electrons. The van der Waals surface area contributed by atoms with Crippen LogP contribution in [0.25, 0.3) is 17.0 Å². The van der Waals surface area contributed by atoms with E-state index < -0.39 is 0 Å². The largest absolute Gasteiger partial charge is 0.281 e. The summed E-state index contributed by atoms with van der Waals surface area (Å²) in [5.41, 5.74) is 3.25. The van der Waals surface area contributed by atoms with Crippen molar-refractivity contribution in [3.05, 3.63) is 52.7 Å². The van der Waals surface area contributed by atoms with E-state index in [0.717, 1.165) is 11.1 Å². The van der Waals surface area contributed by atoms with Gasteiger partial charge in [0, 0.05) is 16.8 Å². The van der Waals surface area contributed by atoms with Crippen molar-refractivity contribution in [2.75, 3.05) is 0 Å². The van der Waals surface area contributed by atoms with Crippen molar-refractivity contribution in [3.63, 3.8) is 0 Å². The molecule has 3 aromatic rings. The SMILES string of the molecule is Cc1cc(Cl)ccc1-c1nnc2ccc(C#N)cn12. The van der Waals surface area contributed by atoms with Gasteiger partial charge < -0.3 is 0 Å². The minimum absolute atomic E-state index is 0.570. The highest BCUT2D eigenvalue weighted by Crippen LogP contribution is 2.25. The molecule has 0 unspecified atom stereocenters. The Labute approximate surface area is 114 Å². The highest BCUT2D eigenvalue weighted by atomic mass is 35.5. The van der Waals surface area contributed by atoms with Gasteiger partial charge in [-0.2, -0.15) is 5.26 Å². The predicted octanol–water partition coefficient (Wildman–Crippen LogP) is 3.23. The topological polar surface area (TPSA) is 54.0 Å². The molecule has 0 aliphatic carbocycles. The molecular weight excluding hydrogens is 260 g/mol. The highest BCUT2D eigenvalue weighted by Gasteiger charge is 2.11. The first-order valence-corrected chi connectivity index (χ1v) is 6.08. The van der Waals surface area contributed by atoms with E-state index in [4.69, 9.17) is 16.9 Å². The molecule has 0 spiro atoms. The zero-order valence-electron chi connectivity index (χ0n) is 10.1. The zero-order chi connectivity index (χ0) is 13.4. The van der Waals surface area contributed by atoms with Crippen LogP contribution in [-0.4, -0.2) is 14.6 Å². The molecule has 0 amide bonds. The second kappa shape index (κ2) is 4.38. The van der Waals surface area contributed by atoms with Gasteiger partial charge in [0.25, 0.3) is 0 Å². The van der Waals surface area contributed by atoms with E-state index in [0.29, 0.717) is 22.1 Å². The van der Waals surface area contributed by atoms with E-state index in [9.17, 15) is 0 Å². The average Bonchev–Trinajstić information content (AvgIpc) is 2.81. The van der Waals surface area contributed by atoms with Crippen molar-refractivity contribution >= 4 is 17.2 Å². The Balaban J connectivity index is 2.28. The first-order chi connectivity index (χ1) is 9.19. The van der Waals surface area contributed by atoms with Crippen LogP contribution in [0.5, 0.6) is 0 Å². The maximum atomic E-state index is 8.97. The summed E-state index contributed by atoms with van der Waals surface area (Å²) in [6, 6.07) is 11.2. The molecule has 0 saturated heterocycles. The van der Waals surface area contributed by atoms with Gasteiger partial charge in [0.15, 0.2) is 11.5 Å². The van der Waals surface area contributed by atoms with Crippen LogP contribution in [-0.2, 0) is 0 Å². The van der Waals surface area contributed by atoms with E-state index in [-0.39, 0.29) is 0 Å². The Morgan fingerprint density at radius 3 is 2.79 bits per heavy atom. The second-order valence-corrected chi connectivity index (χ2v) is 4.68. The molecule has 3 rings (SSSR count). The molecule has 0 bridgehead atoms. The summed E-state index contributed by atoms with van der Waals surface area (Å²) in [7, 11) is 0. The van der Waals surface area contributed by atoms with E-state index in [1.165, 1.54) is 0 Å². The van der Waals surface area contributed by atoms with E-state index >= 15 is 0 Å². The Bertz CT molecular complexity index is 814. The number of hydrogen-bond acceptors (Lipinski definition) is 3. The molecule has 0 radical (unpaired) electrons. The molecule has 0 saturated carbocycles. The van der Waals surface area contributed by atoms with Crippen LogP contribution in [0.4, 0.5) is 0 Å². The van der Waals surface area contributed by atoms with Crippen molar-refractivity contribution in [1.82, 2.24) is 14.6 Å². The Morgan fingerprint density at radius 2 is 2.05 bits per heavy atom. The number of benzene rings is 1. The fraction of sp³-hybridized carbons (Fsp3) is 0.0714. The van der Waals surface area contributed by atoms with Crippen LogP contribution in [0.2, 0.25) is 5.02 Å². The van der Waals surface area contributed by atoms with Gasteiger partial charge in [-0.3, -0.25) is 4.40 Å². The van der Waals surface area contributed by atoms with Gasteiger partial charge in [-0.05, 0) is 42.8 Å². The van der Waals surface area contributed by atoms with Crippen LogP contribution in [0, 0.1) is 18.3 Å². The minimum atomic E-state index is 0.570. The van der Waals surface area contributed by atoms with Gasteiger partial charge >= 0.3 is 0 Å². The normalized spacial score (nSPS) is 10.6. The highest BCUT2D eigenvalue weighted by molar-refractivity contribution is 6.30. The summed E-state index contributed by atoms with van der Waals surface area (Å²) in [5.74, 6) is 0.710. The van der Waals surface area contributed by atoms with Gasteiger partial charge in [0.05, 0.1) is 5.56 Å². The zero-order valence-corrected chi connectivity index (χ0v) is 10.9. The second-order valence-electron chi connectivity index (χ2n) is 4.24. The van der Waals surface area contributed by atoms with Gasteiger partial charge in [-0.15, -0.1) is 10.2 Å². The third-order valence-corrected chi connectivity index (χ3v) is 3.20. The fourth-order valence-corrected chi connectivity index (χ4v) is 2.25. The average molecular weight is 269 g/mol. The number of nitriles is 1. The van der Waals surface area contributed by atoms with Gasteiger partial charge in [-0.25, -0.2) is 0 Å². The number of rotatable bonds is 1. The molecule has 2 aromatic heterocycles. The van der Waals surface area contributed by atoms with Crippen LogP contribution >= 0.6 is 11.6 Å². The first-order valence-electron chi connectivity index (χ1n) is 5.70. The summed E-state index contributed by atoms with van der Waals surface area (Å²) < 4.78 is 1.81. The lowest BCUT2D eigenvalue weighted by molar-refractivity contribution is 1.11. The molecule has 2 heterocycles. The standard InChI is InChI=1S/C14H9ClN4/c1-9-6-11(15)3-4-12(9)14-18-17-13-5-2-10(7-16)8-19(13)14/h2-6,8H,1H3. The van der Waals surface area contributed by atoms with Gasteiger partial charge in [0.2, 0.25) is 0 Å². The van der Waals surface area contributed by atoms with Gasteiger partial charge in [0.1, 0.15) is 6.07 Å². The molecule has 5 heteroatoms. The van der Waals surface area contributed by atoms with Crippen LogP contribution in [0.15, 0.2) is 36.5 Å². The van der Waals surface area contributed by atoms with Crippen LogP contribution < -0.4 is 0 Å². The summed E-state index contributed by atoms with van der Waals surface area (Å²) in [5, 5.41) is 17.9. The summed E-state index contributed by atoms with van der Waals surface area (Å²) >= 11 is 5.96. The van der Waals surface area contributed by atoms with Crippen molar-refractivity contribution in [1.29, 1.82) is 5.26 Å². The molecule has 0 fully saturated rings. The summed E-state index contributed by atoms with van der Waals surface area (Å²) in [6.07, 6.45) is 1.73. The molecule has 4 nitrogen and oxygen atoms in total. The molecule has 0 aliphatic rings. The summed E-state index contributed by atoms with van der Waals surface area (Å²) in [4.78, 5) is 0. The molecule has 0 N–H and O–H groups in total. The number of fused-ring (bicyclic) bond motifs is 1. The van der Waals surface area contributed by atoms with Gasteiger partial charge in [-0.1, -0.05) is 11.6 Å². The van der Waals surface area contributed by atoms with E-state index in [1.54, 1.807) is 18.3 Å². The van der Waals surface area contributed by atoms with Crippen molar-refractivity contribution in [2.45, 2.75) is 6.92 Å². The molecule has 0 atom stereocenters. The molecule has 1 aromatic carbocycles. The lowest BCUT2D eigenvalue weighted by Crippen LogP contribution is -1.92. The monoisotopic (exact) mass is 268 g/mol. The Kier molecular flexibility index (Phi) is 2.69. The number of pyridine rings is 1. The van der Waals surface area contributed by atoms with Crippen molar-refractivity contribution in [2.24, 2.45) is 0 Å². The minimum Gasteiger partial charge on any atom is -0.281 e. The fourth-order valence-electron chi connectivity index (χ4n) is 2.02. The maximum Gasteiger partial charge on any atom is 0.168 e. The lowest BCUT2D eigenvalue weighted by atomic mass is 10.1. The molecule has 19 heavy (non-hydrogen) atoms. The number of aryl methyl sites for hydroxylation is 1. The van der Waals surface area contributed by atoms with E-state index in [2.05, 4.69) is 16.3 Å². The Hall–Kier alpha value is -2.38. The Morgan fingerprint density at radius 1 is 1.21 bits per heavy atom. The first kappa shape index (κ1) is 11.7. The third kappa shape index (κ3) is 1.94. The number of hydrogen-bond donors (Lipinski definition) is 0. The van der Waals surface area contributed by atoms with Crippen molar-refractivity contribution in [3.8, 4) is 17.5 Å². The molecule has 0 aliphatic heterocycles. The lowest BCUT2D eigenvalue weighted by Gasteiger charge is -2.04. The van der Waals surface area contributed by atoms with Crippen LogP contribution in [0.3, 0.4) is 0 Å². The number of halogens is 1. The number of aromatic nitrogens is 3. The maximum absolute atomic E-state index is 8.97. The number of nitrogens with zero attached hydrogens (tertiary/aromatic N) is 4.